The Morgan fingerprint density at radius 2 is 2.08 bits per heavy atom. The number of carbonyl (C=O) groups is 1. The molecule has 0 fully saturated rings. The molecule has 0 bridgehead atoms. The van der Waals surface area contributed by atoms with Gasteiger partial charge in [0.05, 0.1) is 18.2 Å². The van der Waals surface area contributed by atoms with Crippen LogP contribution in [-0.2, 0) is 17.4 Å². The number of halogens is 3. The molecule has 3 rings (SSSR count). The molecule has 10 heteroatoms. The summed E-state index contributed by atoms with van der Waals surface area (Å²) in [4.78, 5) is 30.6. The second-order valence-corrected chi connectivity index (χ2v) is 5.54. The molecule has 1 aliphatic heterocycles. The fraction of sp³-hybridized carbons (Fsp3) is 0.250. The predicted molar refractivity (Wildman–Crippen MR) is 89.1 cm³/mol. The van der Waals surface area contributed by atoms with Crippen LogP contribution < -0.4 is 15.9 Å². The first kappa shape index (κ1) is 17.6. The maximum atomic E-state index is 13.0. The summed E-state index contributed by atoms with van der Waals surface area (Å²) in [6, 6.07) is 4.79. The summed E-state index contributed by atoms with van der Waals surface area (Å²) in [7, 11) is 0. The highest BCUT2D eigenvalue weighted by molar-refractivity contribution is 5.92. The highest BCUT2D eigenvalue weighted by atomic mass is 19.4. The van der Waals surface area contributed by atoms with Gasteiger partial charge in [0.1, 0.15) is 5.69 Å². The number of aromatic amines is 1. The standard InChI is InChI=1S/C16H14F3N5O2/c17-16(18,19)11-5-2-1-4-10(11)8-13(25)22-12-9-20-15(23-14(12)26)24-7-3-6-21-24/h1-2,4-6,9H,3,7-8H2,(H,22,25)(H,20,23,26). The Bertz CT molecular complexity index is 907. The Kier molecular flexibility index (Phi) is 4.74. The van der Waals surface area contributed by atoms with Crippen molar-refractivity contribution in [1.29, 1.82) is 0 Å². The third-order valence-corrected chi connectivity index (χ3v) is 3.67. The number of H-pyrrole nitrogens is 1. The molecule has 1 aromatic carbocycles. The van der Waals surface area contributed by atoms with E-state index in [1.165, 1.54) is 23.2 Å². The normalized spacial score (nSPS) is 13.9. The lowest BCUT2D eigenvalue weighted by Gasteiger charge is -2.13. The first-order chi connectivity index (χ1) is 12.3. The second kappa shape index (κ2) is 6.98. The van der Waals surface area contributed by atoms with Gasteiger partial charge >= 0.3 is 6.18 Å². The van der Waals surface area contributed by atoms with Crippen molar-refractivity contribution in [2.75, 3.05) is 16.9 Å². The molecule has 136 valence electrons. The van der Waals surface area contributed by atoms with Crippen LogP contribution in [0.5, 0.6) is 0 Å². The van der Waals surface area contributed by atoms with E-state index in [2.05, 4.69) is 20.4 Å². The molecular formula is C16H14F3N5O2. The van der Waals surface area contributed by atoms with Crippen LogP contribution in [-0.4, -0.2) is 28.6 Å². The van der Waals surface area contributed by atoms with E-state index in [4.69, 9.17) is 0 Å². The van der Waals surface area contributed by atoms with Crippen LogP contribution in [0.4, 0.5) is 24.8 Å². The van der Waals surface area contributed by atoms with Crippen molar-refractivity contribution in [2.45, 2.75) is 19.0 Å². The molecule has 0 saturated carbocycles. The maximum Gasteiger partial charge on any atom is 0.416 e. The molecule has 26 heavy (non-hydrogen) atoms. The maximum absolute atomic E-state index is 13.0. The third kappa shape index (κ3) is 3.90. The predicted octanol–water partition coefficient (Wildman–Crippen LogP) is 2.17. The molecular weight excluding hydrogens is 351 g/mol. The van der Waals surface area contributed by atoms with E-state index in [1.807, 2.05) is 0 Å². The Morgan fingerprint density at radius 3 is 2.73 bits per heavy atom. The zero-order valence-electron chi connectivity index (χ0n) is 13.4. The van der Waals surface area contributed by atoms with Gasteiger partial charge in [0, 0.05) is 19.2 Å². The zero-order chi connectivity index (χ0) is 18.7. The van der Waals surface area contributed by atoms with Gasteiger partial charge < -0.3 is 5.32 Å². The van der Waals surface area contributed by atoms with E-state index >= 15 is 0 Å². The summed E-state index contributed by atoms with van der Waals surface area (Å²) in [5, 5.41) is 7.79. The minimum absolute atomic E-state index is 0.147. The van der Waals surface area contributed by atoms with Crippen LogP contribution in [0.25, 0.3) is 0 Å². The third-order valence-electron chi connectivity index (χ3n) is 3.67. The van der Waals surface area contributed by atoms with Crippen molar-refractivity contribution in [1.82, 2.24) is 9.97 Å². The molecule has 0 saturated heterocycles. The number of aromatic nitrogens is 2. The van der Waals surface area contributed by atoms with E-state index in [0.717, 1.165) is 18.7 Å². The minimum Gasteiger partial charge on any atom is -0.320 e. The van der Waals surface area contributed by atoms with Crippen molar-refractivity contribution < 1.29 is 18.0 Å². The van der Waals surface area contributed by atoms with Gasteiger partial charge in [-0.1, -0.05) is 18.2 Å². The van der Waals surface area contributed by atoms with E-state index < -0.39 is 29.6 Å². The molecule has 0 spiro atoms. The number of hydrogen-bond acceptors (Lipinski definition) is 5. The topological polar surface area (TPSA) is 90.4 Å². The molecule has 0 aliphatic carbocycles. The van der Waals surface area contributed by atoms with Gasteiger partial charge in [0.15, 0.2) is 0 Å². The van der Waals surface area contributed by atoms with Crippen LogP contribution >= 0.6 is 0 Å². The smallest absolute Gasteiger partial charge is 0.320 e. The summed E-state index contributed by atoms with van der Waals surface area (Å²) in [6.45, 7) is 0.572. The van der Waals surface area contributed by atoms with Gasteiger partial charge in [-0.15, -0.1) is 0 Å². The second-order valence-electron chi connectivity index (χ2n) is 5.54. The number of hydrazone groups is 1. The number of benzene rings is 1. The molecule has 7 nitrogen and oxygen atoms in total. The summed E-state index contributed by atoms with van der Waals surface area (Å²) in [6.07, 6.45) is -1.54. The number of rotatable bonds is 4. The van der Waals surface area contributed by atoms with Crippen molar-refractivity contribution in [3.8, 4) is 0 Å². The van der Waals surface area contributed by atoms with Gasteiger partial charge in [-0.2, -0.15) is 18.3 Å². The lowest BCUT2D eigenvalue weighted by Crippen LogP contribution is -2.25. The summed E-state index contributed by atoms with van der Waals surface area (Å²) in [5.74, 6) is -0.523. The van der Waals surface area contributed by atoms with Crippen LogP contribution in [0.2, 0.25) is 0 Å². The highest BCUT2D eigenvalue weighted by Gasteiger charge is 2.33. The van der Waals surface area contributed by atoms with Gasteiger partial charge in [0.2, 0.25) is 11.9 Å². The number of alkyl halides is 3. The largest absolute Gasteiger partial charge is 0.416 e. The van der Waals surface area contributed by atoms with Gasteiger partial charge in [-0.25, -0.2) is 9.99 Å². The SMILES string of the molecule is O=C(Cc1ccccc1C(F)(F)F)Nc1cnc(N2CCC=N2)[nH]c1=O. The van der Waals surface area contributed by atoms with Crippen molar-refractivity contribution in [2.24, 2.45) is 5.10 Å². The number of hydrogen-bond donors (Lipinski definition) is 2. The summed E-state index contributed by atoms with van der Waals surface area (Å²) < 4.78 is 38.9. The van der Waals surface area contributed by atoms with Gasteiger partial charge in [-0.05, 0) is 11.6 Å². The molecule has 0 unspecified atom stereocenters. The number of nitrogens with one attached hydrogen (secondary N) is 2. The summed E-state index contributed by atoms with van der Waals surface area (Å²) in [5.41, 5.74) is -1.82. The number of nitrogens with zero attached hydrogens (tertiary/aromatic N) is 3. The van der Waals surface area contributed by atoms with Crippen molar-refractivity contribution in [3.05, 3.63) is 51.9 Å². The Morgan fingerprint density at radius 1 is 1.31 bits per heavy atom. The van der Waals surface area contributed by atoms with E-state index in [1.54, 1.807) is 6.21 Å². The zero-order valence-corrected chi connectivity index (χ0v) is 13.4. The average molecular weight is 365 g/mol. The molecule has 0 radical (unpaired) electrons. The first-order valence-corrected chi connectivity index (χ1v) is 7.69. The van der Waals surface area contributed by atoms with Crippen molar-refractivity contribution >= 4 is 23.8 Å². The molecule has 2 N–H and O–H groups in total. The number of carbonyl (C=O) groups excluding carboxylic acids is 1. The number of amides is 1. The number of anilines is 2. The molecule has 0 atom stereocenters. The fourth-order valence-electron chi connectivity index (χ4n) is 2.48. The fourth-order valence-corrected chi connectivity index (χ4v) is 2.48. The highest BCUT2D eigenvalue weighted by Crippen LogP contribution is 2.32. The van der Waals surface area contributed by atoms with Crippen LogP contribution in [0.1, 0.15) is 17.5 Å². The minimum atomic E-state index is -4.56. The van der Waals surface area contributed by atoms with E-state index in [9.17, 15) is 22.8 Å². The van der Waals surface area contributed by atoms with Gasteiger partial charge in [-0.3, -0.25) is 14.6 Å². The van der Waals surface area contributed by atoms with E-state index in [0.29, 0.717) is 6.54 Å². The molecule has 1 aliphatic rings. The van der Waals surface area contributed by atoms with Crippen LogP contribution in [0, 0.1) is 0 Å². The molecule has 2 heterocycles. The summed E-state index contributed by atoms with van der Waals surface area (Å²) >= 11 is 0. The first-order valence-electron chi connectivity index (χ1n) is 7.69. The lowest BCUT2D eigenvalue weighted by atomic mass is 10.0. The van der Waals surface area contributed by atoms with Crippen molar-refractivity contribution in [3.63, 3.8) is 0 Å². The molecule has 1 amide bonds. The van der Waals surface area contributed by atoms with Crippen LogP contribution in [0.3, 0.4) is 0 Å². The van der Waals surface area contributed by atoms with E-state index in [-0.39, 0.29) is 17.2 Å². The molecule has 2 aromatic rings. The Labute approximate surface area is 145 Å². The lowest BCUT2D eigenvalue weighted by molar-refractivity contribution is -0.138. The average Bonchev–Trinajstić information content (AvgIpc) is 3.11. The monoisotopic (exact) mass is 365 g/mol. The van der Waals surface area contributed by atoms with Gasteiger partial charge in [0.25, 0.3) is 5.56 Å². The molecule has 1 aromatic heterocycles. The Balaban J connectivity index is 1.73. The quantitative estimate of drug-likeness (QED) is 0.869. The Hall–Kier alpha value is -3.17. The van der Waals surface area contributed by atoms with Crippen LogP contribution in [0.15, 0.2) is 40.4 Å².